The minimum atomic E-state index is -0.890. The van der Waals surface area contributed by atoms with E-state index in [1.807, 2.05) is 48.6 Å². The fourth-order valence-corrected chi connectivity index (χ4v) is 18.5. The number of hydrogen-bond donors (Lipinski definition) is 0. The Hall–Kier alpha value is -9.80. The van der Waals surface area contributed by atoms with Gasteiger partial charge in [0.25, 0.3) is 0 Å². The highest BCUT2D eigenvalue weighted by Crippen LogP contribution is 2.66. The number of carbonyl (C=O) groups excluding carboxylic acids is 2. The minimum absolute atomic E-state index is 0.0957. The van der Waals surface area contributed by atoms with Crippen molar-refractivity contribution in [3.8, 4) is 45.2 Å². The summed E-state index contributed by atoms with van der Waals surface area (Å²) >= 11 is 3.31. The van der Waals surface area contributed by atoms with Crippen molar-refractivity contribution >= 4 is 57.5 Å². The third-order valence-corrected chi connectivity index (χ3v) is 23.3. The van der Waals surface area contributed by atoms with E-state index in [9.17, 15) is 30.6 Å². The second-order valence-corrected chi connectivity index (χ2v) is 29.2. The van der Waals surface area contributed by atoms with Gasteiger partial charge in [-0.05, 0) is 177 Å². The molecule has 0 saturated carbocycles. The van der Waals surface area contributed by atoms with Crippen molar-refractivity contribution in [1.29, 1.82) is 21.0 Å². The molecule has 6 nitrogen and oxygen atoms in total. The number of ketones is 2. The highest BCUT2D eigenvalue weighted by molar-refractivity contribution is 7.17. The molecule has 486 valence electrons. The summed E-state index contributed by atoms with van der Waals surface area (Å²) in [5.74, 6) is -0.425. The quantitative estimate of drug-likeness (QED) is 0.0302. The Labute approximate surface area is 587 Å². The smallest absolute Gasteiger partial charge is 0.194 e. The van der Waals surface area contributed by atoms with Crippen LogP contribution in [0.15, 0.2) is 192 Å². The number of rotatable bonds is 26. The minimum Gasteiger partial charge on any atom is -0.289 e. The Morgan fingerprint density at radius 3 is 0.908 bits per heavy atom. The van der Waals surface area contributed by atoms with Crippen LogP contribution in [0.25, 0.3) is 44.2 Å². The molecule has 0 bridgehead atoms. The summed E-state index contributed by atoms with van der Waals surface area (Å²) in [6.07, 6.45) is 26.4. The molecule has 0 amide bonds. The van der Waals surface area contributed by atoms with Crippen molar-refractivity contribution in [3.63, 3.8) is 0 Å². The Kier molecular flexibility index (Phi) is 20.1. The van der Waals surface area contributed by atoms with Gasteiger partial charge in [0.05, 0.1) is 10.8 Å². The van der Waals surface area contributed by atoms with Gasteiger partial charge >= 0.3 is 0 Å². The highest BCUT2D eigenvalue weighted by atomic mass is 32.1. The molecule has 0 saturated heterocycles. The molecule has 0 radical (unpaired) electrons. The first-order valence-electron chi connectivity index (χ1n) is 35.8. The predicted octanol–water partition coefficient (Wildman–Crippen LogP) is 23.2. The van der Waals surface area contributed by atoms with Gasteiger partial charge in [-0.2, -0.15) is 21.0 Å². The fraction of sp³-hybridized carbons (Fsp3) is 0.289. The predicted molar refractivity (Wildman–Crippen MR) is 402 cm³/mol. The molecule has 0 unspecified atom stereocenters. The Morgan fingerprint density at radius 1 is 0.347 bits per heavy atom. The van der Waals surface area contributed by atoms with Crippen LogP contribution in [-0.4, -0.2) is 11.6 Å². The lowest BCUT2D eigenvalue weighted by atomic mass is 9.65. The number of carbonyl (C=O) groups is 2. The number of benzene rings is 7. The summed E-state index contributed by atoms with van der Waals surface area (Å²) < 4.78 is 0. The summed E-state index contributed by atoms with van der Waals surface area (Å²) in [7, 11) is 0. The number of nitrogens with zero attached hydrogens (tertiary/aromatic N) is 4. The van der Waals surface area contributed by atoms with E-state index in [1.54, 1.807) is 34.8 Å². The first-order chi connectivity index (χ1) is 48.1. The van der Waals surface area contributed by atoms with Crippen molar-refractivity contribution in [2.24, 2.45) is 0 Å². The zero-order valence-electron chi connectivity index (χ0n) is 56.9. The van der Waals surface area contributed by atoms with Gasteiger partial charge in [-0.25, -0.2) is 0 Å². The van der Waals surface area contributed by atoms with Crippen molar-refractivity contribution in [3.05, 3.63) is 291 Å². The molecule has 0 aliphatic heterocycles. The number of allylic oxidation sites excluding steroid dienone is 6. The SMILES string of the molecule is CCCCCCc1ccc(C2(c3ccc(CCCCCC)cc3)c3cc4c(cc3-c3sc(/C=C5\C(=O)c6ccccc6C5=C(C#N)C#N)cc32)C(c2ccc(CCCCCC)cc2)(c2ccc(CCCCCC)cc2)c2cc(/C=C3/C(=O)c5ccccc5C3=C(C#N)C#N)sc2-4)cc1. The summed E-state index contributed by atoms with van der Waals surface area (Å²) in [5, 5.41) is 42.1. The number of hydrogen-bond acceptors (Lipinski definition) is 8. The van der Waals surface area contributed by atoms with E-state index in [2.05, 4.69) is 173 Å². The average molecular weight is 1320 g/mol. The lowest BCUT2D eigenvalue weighted by Crippen LogP contribution is -2.30. The van der Waals surface area contributed by atoms with Crippen LogP contribution in [0, 0.1) is 45.3 Å². The standard InChI is InChI=1S/C90H82N4O2S2/c1-5-9-13-17-25-59-33-41-65(42-34-59)89(66-43-35-60(36-44-66)26-18-14-10-6-2)79-53-76-80(54-75(79)87-81(89)51-69(97-87)49-77-83(63(55-91)56-92)71-29-21-23-31-73(71)85(77)95)90(67-45-37-61(38-46-67)27-19-15-11-7-3,68-47-39-62(40-48-68)28-20-16-12-8-4)82-52-70(98-88(76)82)50-78-84(64(57-93)58-94)72-30-22-24-32-74(72)86(78)96/h21-24,29-54H,5-20,25-28H2,1-4H3/b77-49-,78-50+. The molecule has 2 heterocycles. The largest absolute Gasteiger partial charge is 0.289 e. The summed E-state index contributed by atoms with van der Waals surface area (Å²) in [6.45, 7) is 9.02. The van der Waals surface area contributed by atoms with Crippen LogP contribution in [0.2, 0.25) is 0 Å². The van der Waals surface area contributed by atoms with Crippen molar-refractivity contribution in [2.45, 2.75) is 167 Å². The molecule has 0 atom stereocenters. The van der Waals surface area contributed by atoms with Crippen molar-refractivity contribution in [2.75, 3.05) is 0 Å². The summed E-state index contributed by atoms with van der Waals surface area (Å²) in [6, 6.07) is 70.3. The molecule has 0 N–H and O–H groups in total. The second-order valence-electron chi connectivity index (χ2n) is 27.1. The lowest BCUT2D eigenvalue weighted by Gasteiger charge is -2.35. The summed E-state index contributed by atoms with van der Waals surface area (Å²) in [4.78, 5) is 33.5. The van der Waals surface area contributed by atoms with Crippen LogP contribution < -0.4 is 0 Å². The average Bonchev–Trinajstić information content (AvgIpc) is 1.50. The Morgan fingerprint density at radius 2 is 0.633 bits per heavy atom. The number of aryl methyl sites for hydroxylation is 4. The van der Waals surface area contributed by atoms with Crippen LogP contribution in [-0.2, 0) is 36.5 Å². The normalized spacial score (nSPS) is 14.9. The molecule has 7 aromatic carbocycles. The van der Waals surface area contributed by atoms with Gasteiger partial charge in [0.15, 0.2) is 11.6 Å². The molecule has 2 aromatic heterocycles. The van der Waals surface area contributed by atoms with Gasteiger partial charge in [0.2, 0.25) is 0 Å². The number of unbranched alkanes of at least 4 members (excludes halogenated alkanes) is 12. The monoisotopic (exact) mass is 1310 g/mol. The number of nitriles is 4. The lowest BCUT2D eigenvalue weighted by molar-refractivity contribution is 0.103. The van der Waals surface area contributed by atoms with Crippen molar-refractivity contribution < 1.29 is 9.59 Å². The summed E-state index contributed by atoms with van der Waals surface area (Å²) in [5.41, 5.74) is 17.9. The fourth-order valence-electron chi connectivity index (χ4n) is 16.1. The van der Waals surface area contributed by atoms with Crippen molar-refractivity contribution in [1.82, 2.24) is 0 Å². The zero-order chi connectivity index (χ0) is 67.9. The van der Waals surface area contributed by atoms with E-state index >= 15 is 0 Å². The topological polar surface area (TPSA) is 129 Å². The first kappa shape index (κ1) is 66.8. The van der Waals surface area contributed by atoms with E-state index in [0.29, 0.717) is 44.5 Å². The molecule has 4 aliphatic rings. The maximum Gasteiger partial charge on any atom is 0.194 e. The first-order valence-corrected chi connectivity index (χ1v) is 37.4. The molecular weight excluding hydrogens is 1230 g/mol. The van der Waals surface area contributed by atoms with Crippen LogP contribution in [0.5, 0.6) is 0 Å². The number of thiophene rings is 2. The highest BCUT2D eigenvalue weighted by Gasteiger charge is 2.53. The van der Waals surface area contributed by atoms with E-state index in [-0.39, 0.29) is 22.7 Å². The molecule has 8 heteroatoms. The molecule has 9 aromatic rings. The zero-order valence-corrected chi connectivity index (χ0v) is 58.5. The number of fused-ring (bicyclic) bond motifs is 8. The molecule has 0 spiro atoms. The molecule has 0 fully saturated rings. The van der Waals surface area contributed by atoms with Gasteiger partial charge in [-0.3, -0.25) is 9.59 Å². The van der Waals surface area contributed by atoms with Gasteiger partial charge in [-0.1, -0.05) is 250 Å². The van der Waals surface area contributed by atoms with Gasteiger partial charge in [-0.15, -0.1) is 22.7 Å². The van der Waals surface area contributed by atoms with Gasteiger partial charge in [0.1, 0.15) is 35.4 Å². The van der Waals surface area contributed by atoms with Crippen LogP contribution >= 0.6 is 22.7 Å². The van der Waals surface area contributed by atoms with E-state index in [0.717, 1.165) is 127 Å². The Balaban J connectivity index is 1.11. The van der Waals surface area contributed by atoms with E-state index < -0.39 is 10.8 Å². The van der Waals surface area contributed by atoms with Gasteiger partial charge < -0.3 is 0 Å². The molecule has 4 aliphatic carbocycles. The van der Waals surface area contributed by atoms with E-state index in [4.69, 9.17) is 0 Å². The Bertz CT molecular complexity index is 4410. The molecule has 98 heavy (non-hydrogen) atoms. The van der Waals surface area contributed by atoms with E-state index in [1.165, 1.54) is 99.3 Å². The maximum absolute atomic E-state index is 14.8. The second kappa shape index (κ2) is 29.5. The van der Waals surface area contributed by atoms with Crippen LogP contribution in [0.4, 0.5) is 0 Å². The molecular formula is C90H82N4O2S2. The maximum atomic E-state index is 14.8. The van der Waals surface area contributed by atoms with Crippen LogP contribution in [0.3, 0.4) is 0 Å². The van der Waals surface area contributed by atoms with Gasteiger partial charge in [0, 0.05) is 52.9 Å². The third-order valence-electron chi connectivity index (χ3n) is 21.0. The molecule has 13 rings (SSSR count). The number of Topliss-reactive ketones (excluding diaryl/α,β-unsaturated/α-hetero) is 2. The third kappa shape index (κ3) is 12.0. The van der Waals surface area contributed by atoms with Crippen LogP contribution in [0.1, 0.15) is 239 Å².